The van der Waals surface area contributed by atoms with Gasteiger partial charge in [-0.3, -0.25) is 4.79 Å². The van der Waals surface area contributed by atoms with E-state index in [1.165, 1.54) is 11.3 Å². The van der Waals surface area contributed by atoms with Gasteiger partial charge in [0.15, 0.2) is 0 Å². The molecule has 1 aliphatic rings. The van der Waals surface area contributed by atoms with Gasteiger partial charge in [0.2, 0.25) is 5.91 Å². The highest BCUT2D eigenvalue weighted by molar-refractivity contribution is 7.18. The maximum atomic E-state index is 11.3. The number of hydrogen-bond donors (Lipinski definition) is 1. The third kappa shape index (κ3) is 2.79. The summed E-state index contributed by atoms with van der Waals surface area (Å²) in [5, 5.41) is 4.04. The number of carbonyl (C=O) groups excluding carboxylic acids is 1. The highest BCUT2D eigenvalue weighted by Gasteiger charge is 2.29. The highest BCUT2D eigenvalue weighted by Crippen LogP contribution is 2.28. The Hall–Kier alpha value is -0.870. The molecule has 1 aliphatic carbocycles. The molecule has 1 saturated carbocycles. The topological polar surface area (TPSA) is 41.5 Å². The van der Waals surface area contributed by atoms with Crippen molar-refractivity contribution in [3.63, 3.8) is 0 Å². The molecule has 0 aliphatic heterocycles. The first kappa shape index (κ1) is 10.6. The molecule has 1 N–H and O–H groups in total. The predicted octanol–water partition coefficient (Wildman–Crippen LogP) is 2.65. The molecule has 1 fully saturated rings. The monoisotopic (exact) mass is 242 g/mol. The standard InChI is InChI=1S/C10H11ClN2OS/c1-6(8-4-5-9(11)15-8)12-13-10(14)7-2-3-7/h4-5,7H,2-3H2,1H3,(H,13,14). The zero-order valence-electron chi connectivity index (χ0n) is 8.29. The Kier molecular flexibility index (Phi) is 3.07. The fraction of sp³-hybridized carbons (Fsp3) is 0.400. The van der Waals surface area contributed by atoms with Crippen LogP contribution in [-0.2, 0) is 4.79 Å². The van der Waals surface area contributed by atoms with E-state index in [2.05, 4.69) is 10.5 Å². The Morgan fingerprint density at radius 3 is 2.87 bits per heavy atom. The smallest absolute Gasteiger partial charge is 0.243 e. The van der Waals surface area contributed by atoms with Crippen molar-refractivity contribution in [2.45, 2.75) is 19.8 Å². The van der Waals surface area contributed by atoms with Crippen LogP contribution in [0.4, 0.5) is 0 Å². The first-order chi connectivity index (χ1) is 7.16. The normalized spacial score (nSPS) is 16.5. The number of hydrogen-bond acceptors (Lipinski definition) is 3. The molecular weight excluding hydrogens is 232 g/mol. The van der Waals surface area contributed by atoms with Crippen LogP contribution in [0.25, 0.3) is 0 Å². The second-order valence-electron chi connectivity index (χ2n) is 3.55. The Labute approximate surface area is 97.1 Å². The van der Waals surface area contributed by atoms with Gasteiger partial charge in [0, 0.05) is 5.92 Å². The van der Waals surface area contributed by atoms with E-state index in [-0.39, 0.29) is 11.8 Å². The van der Waals surface area contributed by atoms with Crippen LogP contribution in [0.2, 0.25) is 4.34 Å². The molecule has 0 aromatic carbocycles. The lowest BCUT2D eigenvalue weighted by atomic mass is 10.3. The molecule has 15 heavy (non-hydrogen) atoms. The van der Waals surface area contributed by atoms with Gasteiger partial charge in [-0.15, -0.1) is 11.3 Å². The molecule has 0 radical (unpaired) electrons. The summed E-state index contributed by atoms with van der Waals surface area (Å²) in [5.41, 5.74) is 3.36. The van der Waals surface area contributed by atoms with Crippen LogP contribution < -0.4 is 5.43 Å². The largest absolute Gasteiger partial charge is 0.273 e. The second-order valence-corrected chi connectivity index (χ2v) is 5.27. The van der Waals surface area contributed by atoms with Gasteiger partial charge in [0.05, 0.1) is 14.9 Å². The Morgan fingerprint density at radius 2 is 2.33 bits per heavy atom. The number of thiophene rings is 1. The molecule has 3 nitrogen and oxygen atoms in total. The molecule has 0 spiro atoms. The lowest BCUT2D eigenvalue weighted by Crippen LogP contribution is -2.20. The summed E-state index contributed by atoms with van der Waals surface area (Å²) < 4.78 is 0.730. The van der Waals surface area contributed by atoms with Crippen molar-refractivity contribution in [2.75, 3.05) is 0 Å². The first-order valence-corrected chi connectivity index (χ1v) is 5.96. The lowest BCUT2D eigenvalue weighted by molar-refractivity contribution is -0.122. The van der Waals surface area contributed by atoms with Gasteiger partial charge in [0.25, 0.3) is 0 Å². The van der Waals surface area contributed by atoms with Gasteiger partial charge in [-0.25, -0.2) is 5.43 Å². The van der Waals surface area contributed by atoms with Crippen molar-refractivity contribution < 1.29 is 4.79 Å². The van der Waals surface area contributed by atoms with Crippen molar-refractivity contribution in [1.82, 2.24) is 5.43 Å². The molecule has 0 saturated heterocycles. The Balaban J connectivity index is 1.97. The lowest BCUT2D eigenvalue weighted by Gasteiger charge is -1.98. The molecule has 80 valence electrons. The molecule has 0 bridgehead atoms. The van der Waals surface area contributed by atoms with E-state index in [4.69, 9.17) is 11.6 Å². The summed E-state index contributed by atoms with van der Waals surface area (Å²) in [4.78, 5) is 12.3. The second kappa shape index (κ2) is 4.33. The number of hydrazone groups is 1. The summed E-state index contributed by atoms with van der Waals surface area (Å²) in [5.74, 6) is 0.213. The molecule has 0 unspecified atom stereocenters. The van der Waals surface area contributed by atoms with E-state index >= 15 is 0 Å². The molecule has 1 aromatic heterocycles. The number of nitrogens with zero attached hydrogens (tertiary/aromatic N) is 1. The molecule has 5 heteroatoms. The predicted molar refractivity (Wildman–Crippen MR) is 62.4 cm³/mol. The van der Waals surface area contributed by atoms with Crippen LogP contribution >= 0.6 is 22.9 Å². The minimum Gasteiger partial charge on any atom is -0.273 e. The molecule has 1 amide bonds. The zero-order valence-corrected chi connectivity index (χ0v) is 9.86. The van der Waals surface area contributed by atoms with E-state index in [1.807, 2.05) is 19.1 Å². The Morgan fingerprint density at radius 1 is 1.60 bits per heavy atom. The molecular formula is C10H11ClN2OS. The van der Waals surface area contributed by atoms with E-state index < -0.39 is 0 Å². The average molecular weight is 243 g/mol. The molecule has 1 aromatic rings. The first-order valence-electron chi connectivity index (χ1n) is 4.76. The number of nitrogens with one attached hydrogen (secondary N) is 1. The van der Waals surface area contributed by atoms with Crippen molar-refractivity contribution in [3.8, 4) is 0 Å². The fourth-order valence-corrected chi connectivity index (χ4v) is 2.13. The van der Waals surface area contributed by atoms with E-state index in [9.17, 15) is 4.79 Å². The van der Waals surface area contributed by atoms with Gasteiger partial charge in [-0.1, -0.05) is 11.6 Å². The van der Waals surface area contributed by atoms with E-state index in [0.717, 1.165) is 27.8 Å². The van der Waals surface area contributed by atoms with Gasteiger partial charge >= 0.3 is 0 Å². The van der Waals surface area contributed by atoms with Gasteiger partial charge < -0.3 is 0 Å². The van der Waals surface area contributed by atoms with Crippen LogP contribution in [0.3, 0.4) is 0 Å². The summed E-state index contributed by atoms with van der Waals surface area (Å²) >= 11 is 7.26. The van der Waals surface area contributed by atoms with Crippen LogP contribution in [0.5, 0.6) is 0 Å². The van der Waals surface area contributed by atoms with Crippen molar-refractivity contribution in [1.29, 1.82) is 0 Å². The van der Waals surface area contributed by atoms with Crippen molar-refractivity contribution in [3.05, 3.63) is 21.3 Å². The minimum atomic E-state index is 0.0250. The summed E-state index contributed by atoms with van der Waals surface area (Å²) in [6, 6.07) is 3.72. The van der Waals surface area contributed by atoms with Gasteiger partial charge in [-0.2, -0.15) is 5.10 Å². The Bertz CT molecular complexity index is 409. The maximum absolute atomic E-state index is 11.3. The molecule has 0 atom stereocenters. The number of halogens is 1. The fourth-order valence-electron chi connectivity index (χ4n) is 1.14. The highest BCUT2D eigenvalue weighted by atomic mass is 35.5. The van der Waals surface area contributed by atoms with E-state index in [0.29, 0.717) is 0 Å². The van der Waals surface area contributed by atoms with Gasteiger partial charge in [-0.05, 0) is 31.9 Å². The number of amides is 1. The summed E-state index contributed by atoms with van der Waals surface area (Å²) in [7, 11) is 0. The van der Waals surface area contributed by atoms with Gasteiger partial charge in [0.1, 0.15) is 0 Å². The quantitative estimate of drug-likeness (QED) is 0.643. The van der Waals surface area contributed by atoms with Crippen LogP contribution in [0.1, 0.15) is 24.6 Å². The summed E-state index contributed by atoms with van der Waals surface area (Å²) in [6.45, 7) is 1.86. The van der Waals surface area contributed by atoms with Crippen LogP contribution in [-0.4, -0.2) is 11.6 Å². The van der Waals surface area contributed by atoms with E-state index in [1.54, 1.807) is 0 Å². The minimum absolute atomic E-state index is 0.0250. The molecule has 1 heterocycles. The SMILES string of the molecule is CC(=NNC(=O)C1CC1)c1ccc(Cl)s1. The summed E-state index contributed by atoms with van der Waals surface area (Å²) in [6.07, 6.45) is 1.98. The van der Waals surface area contributed by atoms with Crippen molar-refractivity contribution in [2.24, 2.45) is 11.0 Å². The zero-order chi connectivity index (χ0) is 10.8. The number of rotatable bonds is 3. The average Bonchev–Trinajstić information content (AvgIpc) is 2.97. The third-order valence-electron chi connectivity index (χ3n) is 2.21. The number of carbonyl (C=O) groups is 1. The molecule has 2 rings (SSSR count). The van der Waals surface area contributed by atoms with Crippen molar-refractivity contribution >= 4 is 34.6 Å². The maximum Gasteiger partial charge on any atom is 0.243 e. The third-order valence-corrected chi connectivity index (χ3v) is 3.55. The van der Waals surface area contributed by atoms with Crippen LogP contribution in [0, 0.1) is 5.92 Å². The van der Waals surface area contributed by atoms with Crippen LogP contribution in [0.15, 0.2) is 17.2 Å².